The van der Waals surface area contributed by atoms with E-state index in [2.05, 4.69) is 84.1 Å². The van der Waals surface area contributed by atoms with Crippen molar-refractivity contribution < 1.29 is 96.8 Å². The molecule has 2 aliphatic carbocycles. The molecule has 17 amide bonds. The van der Waals surface area contributed by atoms with Crippen molar-refractivity contribution in [2.75, 3.05) is 32.8 Å². The van der Waals surface area contributed by atoms with Crippen LogP contribution in [0.5, 0.6) is 0 Å². The number of nitrogens with one attached hydrogen (secondary N) is 13. The zero-order valence-corrected chi connectivity index (χ0v) is 75.2. The largest absolute Gasteiger partial charge is 0.394 e. The van der Waals surface area contributed by atoms with Crippen molar-refractivity contribution in [1.82, 2.24) is 79.0 Å². The molecule has 2 saturated carbocycles. The van der Waals surface area contributed by atoms with Gasteiger partial charge in [0, 0.05) is 58.2 Å². The quantitative estimate of drug-likeness (QED) is 0.0164. The molecule has 1 aliphatic heterocycles. The van der Waals surface area contributed by atoms with Gasteiger partial charge in [0.15, 0.2) is 11.9 Å². The normalized spacial score (nSPS) is 18.1. The summed E-state index contributed by atoms with van der Waals surface area (Å²) in [7, 11) is 0. The Balaban J connectivity index is 1.62. The number of aromatic nitrogens is 1. The maximum absolute atomic E-state index is 15.1. The number of unbranched alkanes of at least 4 members (excludes halogenated alkanes) is 1. The second-order valence-corrected chi connectivity index (χ2v) is 35.4. The van der Waals surface area contributed by atoms with E-state index in [0.29, 0.717) is 18.4 Å². The lowest BCUT2D eigenvalue weighted by Crippen LogP contribution is -2.65. The van der Waals surface area contributed by atoms with Crippen LogP contribution in [0.3, 0.4) is 0 Å². The lowest BCUT2D eigenvalue weighted by atomic mass is 9.84. The van der Waals surface area contributed by atoms with Crippen LogP contribution in [0.4, 0.5) is 0 Å². The number of carbonyl (C=O) groups is 17. The number of nitrogens with zero attached hydrogens (tertiary/aromatic N) is 4. The van der Waals surface area contributed by atoms with E-state index in [4.69, 9.17) is 45.9 Å². The van der Waals surface area contributed by atoms with E-state index in [1.54, 1.807) is 39.8 Å². The van der Waals surface area contributed by atoms with Crippen LogP contribution in [0.15, 0.2) is 34.5 Å². The number of β-amino-alcohol motifs (C(OH)–C–C–N with tert-alkyl or cyclic N) is 1. The number of amides is 17. The van der Waals surface area contributed by atoms with Crippen LogP contribution < -0.4 is 115 Å². The summed E-state index contributed by atoms with van der Waals surface area (Å²) in [5, 5.41) is 65.4. The molecule has 3 aliphatic rings. The Morgan fingerprint density at radius 2 is 0.969 bits per heavy atom. The van der Waals surface area contributed by atoms with Gasteiger partial charge in [-0.2, -0.15) is 0 Å². The smallest absolute Gasteiger partial charge is 0.248 e. The third-order valence-corrected chi connectivity index (χ3v) is 22.6. The molecule has 0 spiro atoms. The standard InChI is InChI=1S/C83H141N25O20/c1-10-83(9,107-74(124)61-40-50(112)43-108(61)76(126)60(44-109)95-46(3)111)78(128)104-57(39-49-30-35-92-36-31-49)70(120)101-56(38-48-23-15-12-16-24-48)69(119)103-59(42-81(4,5)6)72(122)102-58(41-63(86)114)71(121)97-53(25-17-18-32-84)73(123)106-82(7,8)77(127)105-64(45(2)110)75(125)99-52(27-20-34-94-80(90)91)66(116)98-54(28-29-62(85)113)68(118)96-51(26-19-33-93-79(88)89)67(117)100-55(65(87)115)37-47-21-13-11-14-22-47/h30-31,35-36,45,47-48,50-61,64,109-110,112H,10-29,32-34,37-44,84H2,1-9H3,(H2,85,113)(H2,86,114)(H2,87,115)(H,95,111)(H,96,118)(H,97,121)(H,98,116)(H,99,125)(H,100,117)(H,101,120)(H,102,122)(H,103,119)(H,104,128)(H,105,127)(H,106,123)(H,107,124)(H4,88,89,93)(H4,90,91,94)/t45-,50+,51+,52+,53+,54+,55+,56+,57+,58+,59+,60+,61-,64+,83+/m1/s1. The van der Waals surface area contributed by atoms with Crippen molar-refractivity contribution in [3.63, 3.8) is 0 Å². The summed E-state index contributed by atoms with van der Waals surface area (Å²) in [5.41, 5.74) is 40.9. The Kier molecular flexibility index (Phi) is 45.4. The van der Waals surface area contributed by atoms with E-state index >= 15 is 9.59 Å². The van der Waals surface area contributed by atoms with E-state index in [1.165, 1.54) is 33.2 Å². The van der Waals surface area contributed by atoms with Crippen LogP contribution in [0.2, 0.25) is 0 Å². The van der Waals surface area contributed by atoms with Crippen molar-refractivity contribution in [3.8, 4) is 0 Å². The van der Waals surface area contributed by atoms with E-state index in [9.17, 15) is 87.2 Å². The number of guanidine groups is 2. The third kappa shape index (κ3) is 38.2. The summed E-state index contributed by atoms with van der Waals surface area (Å²) in [6.45, 7) is 11.7. The van der Waals surface area contributed by atoms with Crippen LogP contribution in [-0.2, 0) is 87.9 Å². The van der Waals surface area contributed by atoms with Gasteiger partial charge in [0.25, 0.3) is 0 Å². The summed E-state index contributed by atoms with van der Waals surface area (Å²) in [4.78, 5) is 252. The van der Waals surface area contributed by atoms with Crippen molar-refractivity contribution in [3.05, 3.63) is 30.1 Å². The predicted octanol–water partition coefficient (Wildman–Crippen LogP) is -6.27. The number of pyridine rings is 1. The second-order valence-electron chi connectivity index (χ2n) is 35.4. The zero-order valence-electron chi connectivity index (χ0n) is 75.2. The average Bonchev–Trinajstić information content (AvgIpc) is 1.76. The maximum atomic E-state index is 15.1. The summed E-state index contributed by atoms with van der Waals surface area (Å²) in [6.07, 6.45) is 5.91. The van der Waals surface area contributed by atoms with Gasteiger partial charge in [-0.3, -0.25) is 96.5 Å². The molecule has 128 heavy (non-hydrogen) atoms. The molecule has 718 valence electrons. The number of nitrogens with two attached hydrogens (primary N) is 8. The highest BCUT2D eigenvalue weighted by Gasteiger charge is 2.47. The number of aliphatic hydroxyl groups excluding tert-OH is 3. The van der Waals surface area contributed by atoms with Crippen LogP contribution in [0.1, 0.15) is 228 Å². The summed E-state index contributed by atoms with van der Waals surface area (Å²) < 4.78 is 0. The van der Waals surface area contributed by atoms with Gasteiger partial charge < -0.3 is 135 Å². The number of hydrogen-bond donors (Lipinski definition) is 24. The van der Waals surface area contributed by atoms with Gasteiger partial charge in [0.1, 0.15) is 83.6 Å². The molecule has 1 aromatic rings. The third-order valence-electron chi connectivity index (χ3n) is 22.6. The lowest BCUT2D eigenvalue weighted by Gasteiger charge is -2.34. The van der Waals surface area contributed by atoms with E-state index in [0.717, 1.165) is 70.1 Å². The minimum Gasteiger partial charge on any atom is -0.394 e. The van der Waals surface area contributed by atoms with E-state index < -0.39 is 227 Å². The lowest BCUT2D eigenvalue weighted by molar-refractivity contribution is -0.144. The Hall–Kier alpha value is -11.5. The Morgan fingerprint density at radius 1 is 0.516 bits per heavy atom. The predicted molar refractivity (Wildman–Crippen MR) is 469 cm³/mol. The monoisotopic (exact) mass is 1810 g/mol. The van der Waals surface area contributed by atoms with Crippen molar-refractivity contribution in [1.29, 1.82) is 0 Å². The number of hydrogen-bond acceptors (Lipinski definition) is 24. The molecule has 1 saturated heterocycles. The van der Waals surface area contributed by atoms with Crippen LogP contribution in [0, 0.1) is 17.3 Å². The fourth-order valence-corrected chi connectivity index (χ4v) is 15.3. The molecule has 0 radical (unpaired) electrons. The van der Waals surface area contributed by atoms with E-state index in [1.807, 2.05) is 0 Å². The first-order valence-corrected chi connectivity index (χ1v) is 43.9. The summed E-state index contributed by atoms with van der Waals surface area (Å²) >= 11 is 0. The Bertz CT molecular complexity index is 4000. The van der Waals surface area contributed by atoms with Crippen molar-refractivity contribution in [2.24, 2.45) is 73.1 Å². The molecule has 15 atom stereocenters. The van der Waals surface area contributed by atoms with Gasteiger partial charge in [-0.05, 0) is 146 Å². The molecule has 0 aromatic carbocycles. The fraction of sp³-hybridized carbons (Fsp3) is 0.711. The zero-order chi connectivity index (χ0) is 95.9. The highest BCUT2D eigenvalue weighted by Crippen LogP contribution is 2.30. The second kappa shape index (κ2) is 53.3. The van der Waals surface area contributed by atoms with Crippen LogP contribution >= 0.6 is 0 Å². The number of aliphatic hydroxyl groups is 3. The number of aliphatic imine (C=N–C) groups is 2. The minimum absolute atomic E-state index is 0.00402. The molecule has 2 heterocycles. The van der Waals surface area contributed by atoms with Gasteiger partial charge in [0.2, 0.25) is 100 Å². The first kappa shape index (κ1) is 109. The van der Waals surface area contributed by atoms with Gasteiger partial charge in [0.05, 0.1) is 25.2 Å². The summed E-state index contributed by atoms with van der Waals surface area (Å²) in [5.74, 6) is -16.9. The molecule has 0 unspecified atom stereocenters. The molecule has 1 aromatic heterocycles. The molecule has 4 rings (SSSR count). The van der Waals surface area contributed by atoms with E-state index in [-0.39, 0.29) is 133 Å². The number of carbonyl (C=O) groups excluding carboxylic acids is 17. The molecule has 32 N–H and O–H groups in total. The maximum Gasteiger partial charge on any atom is 0.248 e. The van der Waals surface area contributed by atoms with Gasteiger partial charge in [-0.1, -0.05) is 91.9 Å². The van der Waals surface area contributed by atoms with Crippen LogP contribution in [-0.4, -0.2) is 266 Å². The molecule has 45 nitrogen and oxygen atoms in total. The van der Waals surface area contributed by atoms with Crippen molar-refractivity contribution >= 4 is 112 Å². The van der Waals surface area contributed by atoms with Crippen LogP contribution in [0.25, 0.3) is 0 Å². The molecular weight excluding hydrogens is 1670 g/mol. The van der Waals surface area contributed by atoms with Gasteiger partial charge in [-0.15, -0.1) is 0 Å². The first-order valence-electron chi connectivity index (χ1n) is 43.9. The highest BCUT2D eigenvalue weighted by atomic mass is 16.3. The Labute approximate surface area is 746 Å². The van der Waals surface area contributed by atoms with Gasteiger partial charge >= 0.3 is 0 Å². The SMILES string of the molecule is CC[C@](C)(NC(=O)[C@H]1C[C@H](O)CN1C(=O)[C@H](CO)NC(C)=O)C(=O)N[C@@H](Cc1ccncc1)C(=O)N[C@@H](CC1CCCCC1)C(=O)N[C@@H](CC(C)(C)C)C(=O)N[C@@H](CC(N)=O)C(=O)N[C@@H](CCCCN)C(=O)NC(C)(C)C(=O)N[C@H](C(=O)N[C@@H](CCCN=C(N)N)C(=O)N[C@@H](CCC(N)=O)C(=O)N[C@@H](CCCN=C(N)N)C(=O)N[C@@H](CC1CCCCC1)C(N)=O)[C@@H](C)O. The number of likely N-dealkylation sites (tertiary alicyclic amines) is 1. The molecule has 45 heteroatoms. The minimum atomic E-state index is -2.06. The molecular formula is C83H141N25O20. The highest BCUT2D eigenvalue weighted by molar-refractivity contribution is 6.02. The Morgan fingerprint density at radius 3 is 1.45 bits per heavy atom. The van der Waals surface area contributed by atoms with Gasteiger partial charge in [-0.25, -0.2) is 0 Å². The molecule has 3 fully saturated rings. The summed E-state index contributed by atoms with van der Waals surface area (Å²) in [6, 6.07) is -15.3. The average molecular weight is 1810 g/mol. The topological polar surface area (TPSA) is 756 Å². The number of rotatable bonds is 54. The molecule has 0 bridgehead atoms. The fourth-order valence-electron chi connectivity index (χ4n) is 15.3. The first-order chi connectivity index (χ1) is 60.1. The van der Waals surface area contributed by atoms with Crippen molar-refractivity contribution in [2.45, 2.75) is 325 Å². The number of primary amides is 3.